The van der Waals surface area contributed by atoms with E-state index in [1.54, 1.807) is 4.90 Å². The minimum Gasteiger partial charge on any atom is -0.377 e. The second-order valence-electron chi connectivity index (χ2n) is 7.96. The molecule has 4 rings (SSSR count). The number of nitrogens with zero attached hydrogens (tertiary/aromatic N) is 4. The van der Waals surface area contributed by atoms with Gasteiger partial charge in [-0.2, -0.15) is 0 Å². The van der Waals surface area contributed by atoms with E-state index in [1.807, 2.05) is 31.6 Å². The van der Waals surface area contributed by atoms with Crippen molar-refractivity contribution in [2.75, 3.05) is 38.8 Å². The number of hydrogen-bond donors (Lipinski definition) is 1. The Kier molecular flexibility index (Phi) is 4.25. The Balaban J connectivity index is 1.78. The molecule has 0 bridgehead atoms. The lowest BCUT2D eigenvalue weighted by molar-refractivity contribution is -0.123. The van der Waals surface area contributed by atoms with E-state index in [2.05, 4.69) is 17.2 Å². The normalized spacial score (nSPS) is 20.2. The van der Waals surface area contributed by atoms with Crippen LogP contribution in [0.25, 0.3) is 5.65 Å². The quantitative estimate of drug-likeness (QED) is 0.761. The lowest BCUT2D eigenvalue weighted by Crippen LogP contribution is -2.65. The first-order valence-electron chi connectivity index (χ1n) is 9.19. The minimum atomic E-state index is -0.149. The number of pyridine rings is 1. The van der Waals surface area contributed by atoms with Crippen molar-refractivity contribution in [2.45, 2.75) is 37.3 Å². The van der Waals surface area contributed by atoms with Gasteiger partial charge < -0.3 is 19.8 Å². The Morgan fingerprint density at radius 2 is 2.15 bits per heavy atom. The molecule has 7 heteroatoms. The lowest BCUT2D eigenvalue weighted by Gasteiger charge is -2.48. The molecule has 0 unspecified atom stereocenters. The van der Waals surface area contributed by atoms with Gasteiger partial charge in [0.05, 0.1) is 30.1 Å². The van der Waals surface area contributed by atoms with Gasteiger partial charge in [0.15, 0.2) is 5.65 Å². The summed E-state index contributed by atoms with van der Waals surface area (Å²) in [5.74, 6) is 0.586. The lowest BCUT2D eigenvalue weighted by atomic mass is 9.95. The average molecular weight is 357 g/mol. The van der Waals surface area contributed by atoms with Crippen molar-refractivity contribution in [3.8, 4) is 0 Å². The molecule has 2 aromatic rings. The largest absolute Gasteiger partial charge is 0.377 e. The standard InChI is InChI=1S/C19H27N5O2/c1-13(20)16-8-23-7-15(14-4-5-14)6-17(18(23)21-16)24(12-25)9-19(22(2)3)10-26-11-19/h6-8,12-14H,4-5,9-11,20H2,1-3H3/t13-/m1/s1. The topological polar surface area (TPSA) is 76.1 Å². The van der Waals surface area contributed by atoms with E-state index in [0.29, 0.717) is 25.7 Å². The van der Waals surface area contributed by atoms with E-state index in [-0.39, 0.29) is 11.6 Å². The molecule has 140 valence electrons. The van der Waals surface area contributed by atoms with Gasteiger partial charge in [0.1, 0.15) is 0 Å². The van der Waals surface area contributed by atoms with E-state index in [4.69, 9.17) is 15.5 Å². The second-order valence-corrected chi connectivity index (χ2v) is 7.96. The maximum atomic E-state index is 12.0. The van der Waals surface area contributed by atoms with Crippen LogP contribution in [0.4, 0.5) is 5.69 Å². The van der Waals surface area contributed by atoms with Crippen LogP contribution in [0.2, 0.25) is 0 Å². The van der Waals surface area contributed by atoms with E-state index in [9.17, 15) is 4.79 Å². The zero-order valence-electron chi connectivity index (χ0n) is 15.7. The number of nitrogens with two attached hydrogens (primary N) is 1. The van der Waals surface area contributed by atoms with Crippen LogP contribution in [0, 0.1) is 0 Å². The van der Waals surface area contributed by atoms with E-state index >= 15 is 0 Å². The smallest absolute Gasteiger partial charge is 0.214 e. The summed E-state index contributed by atoms with van der Waals surface area (Å²) in [5.41, 5.74) is 9.61. The Bertz CT molecular complexity index is 821. The van der Waals surface area contributed by atoms with Crippen molar-refractivity contribution in [3.63, 3.8) is 0 Å². The van der Waals surface area contributed by atoms with Crippen LogP contribution >= 0.6 is 0 Å². The number of hydrogen-bond acceptors (Lipinski definition) is 5. The van der Waals surface area contributed by atoms with Gasteiger partial charge >= 0.3 is 0 Å². The van der Waals surface area contributed by atoms with Crippen LogP contribution in [0.5, 0.6) is 0 Å². The number of rotatable bonds is 7. The van der Waals surface area contributed by atoms with Gasteiger partial charge in [0.25, 0.3) is 0 Å². The summed E-state index contributed by atoms with van der Waals surface area (Å²) in [5, 5.41) is 0. The fraction of sp³-hybridized carbons (Fsp3) is 0.579. The van der Waals surface area contributed by atoms with Crippen LogP contribution in [-0.4, -0.2) is 60.1 Å². The molecule has 1 atom stereocenters. The minimum absolute atomic E-state index is 0.148. The van der Waals surface area contributed by atoms with Gasteiger partial charge in [-0.25, -0.2) is 4.98 Å². The van der Waals surface area contributed by atoms with Crippen molar-refractivity contribution >= 4 is 17.7 Å². The highest BCUT2D eigenvalue weighted by Crippen LogP contribution is 2.42. The molecule has 0 aromatic carbocycles. The summed E-state index contributed by atoms with van der Waals surface area (Å²) in [6.07, 6.45) is 7.43. The van der Waals surface area contributed by atoms with Crippen LogP contribution in [-0.2, 0) is 9.53 Å². The van der Waals surface area contributed by atoms with Crippen molar-refractivity contribution in [1.29, 1.82) is 0 Å². The third-order valence-electron chi connectivity index (χ3n) is 5.68. The number of imidazole rings is 1. The molecule has 1 saturated carbocycles. The third-order valence-corrected chi connectivity index (χ3v) is 5.68. The molecule has 2 N–H and O–H groups in total. The number of fused-ring (bicyclic) bond motifs is 1. The molecular formula is C19H27N5O2. The Labute approximate surface area is 153 Å². The molecule has 1 amide bonds. The summed E-state index contributed by atoms with van der Waals surface area (Å²) in [6.45, 7) is 3.76. The maximum Gasteiger partial charge on any atom is 0.214 e. The first kappa shape index (κ1) is 17.5. The third kappa shape index (κ3) is 2.90. The van der Waals surface area contributed by atoms with Crippen molar-refractivity contribution < 1.29 is 9.53 Å². The molecule has 0 radical (unpaired) electrons. The van der Waals surface area contributed by atoms with Crippen LogP contribution in [0.3, 0.4) is 0 Å². The van der Waals surface area contributed by atoms with E-state index in [0.717, 1.165) is 23.4 Å². The molecule has 2 aliphatic rings. The fourth-order valence-corrected chi connectivity index (χ4v) is 3.52. The SMILES string of the molecule is C[C@@H](N)c1cn2cc(C3CC3)cc(N(C=O)CC3(N(C)C)COC3)c2n1. The van der Waals surface area contributed by atoms with Crippen LogP contribution < -0.4 is 10.6 Å². The maximum absolute atomic E-state index is 12.0. The Hall–Kier alpha value is -1.96. The van der Waals surface area contributed by atoms with E-state index < -0.39 is 0 Å². The van der Waals surface area contributed by atoms with Crippen molar-refractivity contribution in [2.24, 2.45) is 5.73 Å². The summed E-state index contributed by atoms with van der Waals surface area (Å²) >= 11 is 0. The molecule has 1 aliphatic heterocycles. The highest BCUT2D eigenvalue weighted by molar-refractivity contribution is 5.84. The summed E-state index contributed by atoms with van der Waals surface area (Å²) in [6, 6.07) is 1.98. The molecule has 3 heterocycles. The molecule has 7 nitrogen and oxygen atoms in total. The van der Waals surface area contributed by atoms with Crippen molar-refractivity contribution in [1.82, 2.24) is 14.3 Å². The number of ether oxygens (including phenoxy) is 1. The first-order valence-corrected chi connectivity index (χ1v) is 9.19. The van der Waals surface area contributed by atoms with Gasteiger partial charge in [-0.15, -0.1) is 0 Å². The number of carbonyl (C=O) groups is 1. The highest BCUT2D eigenvalue weighted by atomic mass is 16.5. The van der Waals surface area contributed by atoms with Gasteiger partial charge in [-0.1, -0.05) is 0 Å². The van der Waals surface area contributed by atoms with Gasteiger partial charge in [0.2, 0.25) is 6.41 Å². The summed E-state index contributed by atoms with van der Waals surface area (Å²) in [4.78, 5) is 20.7. The number of carbonyl (C=O) groups excluding carboxylic acids is 1. The predicted molar refractivity (Wildman–Crippen MR) is 100 cm³/mol. The van der Waals surface area contributed by atoms with Gasteiger partial charge in [0, 0.05) is 25.0 Å². The molecular weight excluding hydrogens is 330 g/mol. The molecule has 1 aliphatic carbocycles. The average Bonchev–Trinajstić information content (AvgIpc) is 3.32. The zero-order chi connectivity index (χ0) is 18.5. The second kappa shape index (κ2) is 6.33. The molecule has 26 heavy (non-hydrogen) atoms. The summed E-state index contributed by atoms with van der Waals surface area (Å²) < 4.78 is 7.48. The predicted octanol–water partition coefficient (Wildman–Crippen LogP) is 1.52. The molecule has 0 spiro atoms. The van der Waals surface area contributed by atoms with Crippen LogP contribution in [0.1, 0.15) is 43.0 Å². The number of anilines is 1. The number of amides is 1. The highest BCUT2D eigenvalue weighted by Gasteiger charge is 2.43. The van der Waals surface area contributed by atoms with Gasteiger partial charge in [-0.3, -0.25) is 9.69 Å². The van der Waals surface area contributed by atoms with Crippen molar-refractivity contribution in [3.05, 3.63) is 29.7 Å². The number of likely N-dealkylation sites (N-methyl/N-ethyl adjacent to an activating group) is 1. The van der Waals surface area contributed by atoms with Gasteiger partial charge in [-0.05, 0) is 51.4 Å². The monoisotopic (exact) mass is 357 g/mol. The fourth-order valence-electron chi connectivity index (χ4n) is 3.52. The van der Waals surface area contributed by atoms with Crippen LogP contribution in [0.15, 0.2) is 18.5 Å². The van der Waals surface area contributed by atoms with E-state index in [1.165, 1.54) is 18.4 Å². The zero-order valence-corrected chi connectivity index (χ0v) is 15.7. The molecule has 1 saturated heterocycles. The summed E-state index contributed by atoms with van der Waals surface area (Å²) in [7, 11) is 4.07. The first-order chi connectivity index (χ1) is 12.4. The molecule has 2 aromatic heterocycles. The Morgan fingerprint density at radius 3 is 2.65 bits per heavy atom. The Morgan fingerprint density at radius 1 is 1.42 bits per heavy atom. The number of aromatic nitrogens is 2. The molecule has 2 fully saturated rings.